The van der Waals surface area contributed by atoms with Crippen LogP contribution in [-0.2, 0) is 0 Å². The number of rotatable bonds is 2. The van der Waals surface area contributed by atoms with Crippen LogP contribution in [0, 0.1) is 0 Å². The summed E-state index contributed by atoms with van der Waals surface area (Å²) in [6, 6.07) is 6.68. The second kappa shape index (κ2) is 4.97. The summed E-state index contributed by atoms with van der Waals surface area (Å²) in [6.45, 7) is 6.87. The lowest BCUT2D eigenvalue weighted by Crippen LogP contribution is -2.29. The number of piperidine rings is 1. The van der Waals surface area contributed by atoms with E-state index in [1.54, 1.807) is 0 Å². The summed E-state index contributed by atoms with van der Waals surface area (Å²) >= 11 is 0. The number of H-pyrrole nitrogens is 1. The molecule has 1 fully saturated rings. The molecule has 0 saturated carbocycles. The minimum atomic E-state index is 0.574. The Balaban J connectivity index is 1.97. The van der Waals surface area contributed by atoms with Gasteiger partial charge in [-0.2, -0.15) is 5.10 Å². The number of hydrogen-bond donors (Lipinski definition) is 1. The zero-order valence-corrected chi connectivity index (χ0v) is 12.1. The van der Waals surface area contributed by atoms with E-state index in [1.165, 1.54) is 42.6 Å². The molecule has 3 rings (SSSR count). The van der Waals surface area contributed by atoms with Gasteiger partial charge < -0.3 is 4.90 Å². The fourth-order valence-electron chi connectivity index (χ4n) is 3.02. The minimum absolute atomic E-state index is 0.574. The van der Waals surface area contributed by atoms with Gasteiger partial charge in [0.25, 0.3) is 0 Å². The van der Waals surface area contributed by atoms with E-state index in [-0.39, 0.29) is 0 Å². The van der Waals surface area contributed by atoms with E-state index in [4.69, 9.17) is 0 Å². The molecule has 0 atom stereocenters. The molecule has 1 N–H and O–H groups in total. The molecule has 1 aliphatic rings. The van der Waals surface area contributed by atoms with Crippen molar-refractivity contribution in [1.29, 1.82) is 0 Å². The van der Waals surface area contributed by atoms with Crippen LogP contribution in [0.2, 0.25) is 0 Å². The van der Waals surface area contributed by atoms with E-state index < -0.39 is 0 Å². The number of aromatic amines is 1. The second-order valence-electron chi connectivity index (χ2n) is 6.15. The van der Waals surface area contributed by atoms with Gasteiger partial charge in [0.1, 0.15) is 0 Å². The van der Waals surface area contributed by atoms with Gasteiger partial charge in [-0.05, 0) is 56.6 Å². The van der Waals surface area contributed by atoms with Crippen molar-refractivity contribution >= 4 is 10.9 Å². The van der Waals surface area contributed by atoms with Gasteiger partial charge in [0.2, 0.25) is 0 Å². The summed E-state index contributed by atoms with van der Waals surface area (Å²) in [7, 11) is 2.21. The van der Waals surface area contributed by atoms with Crippen molar-refractivity contribution in [3.63, 3.8) is 0 Å². The van der Waals surface area contributed by atoms with Crippen molar-refractivity contribution in [2.75, 3.05) is 20.1 Å². The van der Waals surface area contributed by atoms with Crippen molar-refractivity contribution in [3.8, 4) is 0 Å². The molecular weight excluding hydrogens is 234 g/mol. The minimum Gasteiger partial charge on any atom is -0.306 e. The maximum absolute atomic E-state index is 4.47. The Bertz CT molecular complexity index is 562. The third-order valence-electron chi connectivity index (χ3n) is 4.40. The molecule has 1 aliphatic heterocycles. The van der Waals surface area contributed by atoms with Crippen LogP contribution in [0.3, 0.4) is 0 Å². The van der Waals surface area contributed by atoms with Crippen LogP contribution in [0.1, 0.15) is 49.8 Å². The SMILES string of the molecule is CC(C)c1ccc2n[nH]c(C3CCN(C)CC3)c2c1. The van der Waals surface area contributed by atoms with E-state index in [2.05, 4.69) is 54.2 Å². The largest absolute Gasteiger partial charge is 0.306 e. The summed E-state index contributed by atoms with van der Waals surface area (Å²) in [4.78, 5) is 2.41. The molecule has 1 saturated heterocycles. The molecule has 3 nitrogen and oxygen atoms in total. The maximum atomic E-state index is 4.47. The van der Waals surface area contributed by atoms with Crippen LogP contribution in [0.5, 0.6) is 0 Å². The highest BCUT2D eigenvalue weighted by molar-refractivity contribution is 5.82. The molecule has 0 radical (unpaired) electrons. The third-order valence-corrected chi connectivity index (χ3v) is 4.40. The Kier molecular flexibility index (Phi) is 3.31. The lowest BCUT2D eigenvalue weighted by Gasteiger charge is -2.28. The summed E-state index contributed by atoms with van der Waals surface area (Å²) in [5.41, 5.74) is 3.87. The van der Waals surface area contributed by atoms with Gasteiger partial charge in [0.15, 0.2) is 0 Å². The third kappa shape index (κ3) is 2.39. The number of likely N-dealkylation sites (tertiary alicyclic amines) is 1. The molecule has 102 valence electrons. The molecule has 19 heavy (non-hydrogen) atoms. The molecule has 1 aromatic carbocycles. The van der Waals surface area contributed by atoms with Crippen molar-refractivity contribution in [2.24, 2.45) is 0 Å². The Morgan fingerprint density at radius 1 is 1.26 bits per heavy atom. The summed E-state index contributed by atoms with van der Waals surface area (Å²) in [6.07, 6.45) is 2.47. The van der Waals surface area contributed by atoms with Crippen LogP contribution >= 0.6 is 0 Å². The van der Waals surface area contributed by atoms with Crippen LogP contribution in [0.4, 0.5) is 0 Å². The van der Waals surface area contributed by atoms with Crippen molar-refractivity contribution < 1.29 is 0 Å². The number of hydrogen-bond acceptors (Lipinski definition) is 2. The van der Waals surface area contributed by atoms with E-state index in [0.29, 0.717) is 11.8 Å². The van der Waals surface area contributed by atoms with Gasteiger partial charge in [-0.1, -0.05) is 19.9 Å². The normalized spacial score (nSPS) is 18.5. The van der Waals surface area contributed by atoms with E-state index in [9.17, 15) is 0 Å². The molecule has 0 spiro atoms. The lowest BCUT2D eigenvalue weighted by molar-refractivity contribution is 0.254. The van der Waals surface area contributed by atoms with Gasteiger partial charge in [0.05, 0.1) is 5.52 Å². The highest BCUT2D eigenvalue weighted by atomic mass is 15.1. The number of nitrogens with zero attached hydrogens (tertiary/aromatic N) is 2. The second-order valence-corrected chi connectivity index (χ2v) is 6.15. The highest BCUT2D eigenvalue weighted by Crippen LogP contribution is 2.32. The Labute approximate surface area is 115 Å². The number of nitrogens with one attached hydrogen (secondary N) is 1. The summed E-state index contributed by atoms with van der Waals surface area (Å²) < 4.78 is 0. The predicted molar refractivity (Wildman–Crippen MR) is 79.7 cm³/mol. The fourth-order valence-corrected chi connectivity index (χ4v) is 3.02. The van der Waals surface area contributed by atoms with Crippen molar-refractivity contribution in [2.45, 2.75) is 38.5 Å². The standard InChI is InChI=1S/C16H23N3/c1-11(2)13-4-5-15-14(10-13)16(18-17-15)12-6-8-19(3)9-7-12/h4-5,10-12H,6-9H2,1-3H3,(H,17,18). The van der Waals surface area contributed by atoms with Gasteiger partial charge in [0, 0.05) is 17.0 Å². The monoisotopic (exact) mass is 257 g/mol. The van der Waals surface area contributed by atoms with Crippen LogP contribution < -0.4 is 0 Å². The van der Waals surface area contributed by atoms with E-state index in [1.807, 2.05) is 0 Å². The van der Waals surface area contributed by atoms with Crippen LogP contribution in [-0.4, -0.2) is 35.2 Å². The van der Waals surface area contributed by atoms with E-state index in [0.717, 1.165) is 5.52 Å². The maximum Gasteiger partial charge on any atom is 0.0924 e. The molecule has 0 unspecified atom stereocenters. The summed E-state index contributed by atoms with van der Waals surface area (Å²) in [5, 5.41) is 9.10. The molecule has 0 aliphatic carbocycles. The molecule has 0 amide bonds. The van der Waals surface area contributed by atoms with E-state index >= 15 is 0 Å². The molecule has 1 aromatic heterocycles. The van der Waals surface area contributed by atoms with Crippen LogP contribution in [0.25, 0.3) is 10.9 Å². The predicted octanol–water partition coefficient (Wildman–Crippen LogP) is 3.50. The first-order valence-corrected chi connectivity index (χ1v) is 7.31. The first kappa shape index (κ1) is 12.7. The van der Waals surface area contributed by atoms with Gasteiger partial charge >= 0.3 is 0 Å². The van der Waals surface area contributed by atoms with Gasteiger partial charge in [-0.3, -0.25) is 5.10 Å². The zero-order chi connectivity index (χ0) is 13.4. The molecule has 3 heteroatoms. The van der Waals surface area contributed by atoms with Gasteiger partial charge in [-0.15, -0.1) is 0 Å². The first-order chi connectivity index (χ1) is 9.15. The molecule has 2 heterocycles. The Morgan fingerprint density at radius 3 is 2.68 bits per heavy atom. The molecule has 2 aromatic rings. The Hall–Kier alpha value is -1.35. The van der Waals surface area contributed by atoms with Crippen molar-refractivity contribution in [3.05, 3.63) is 29.5 Å². The average Bonchev–Trinajstić information content (AvgIpc) is 2.82. The molecule has 0 bridgehead atoms. The quantitative estimate of drug-likeness (QED) is 0.893. The highest BCUT2D eigenvalue weighted by Gasteiger charge is 2.22. The molecular formula is C16H23N3. The van der Waals surface area contributed by atoms with Crippen LogP contribution in [0.15, 0.2) is 18.2 Å². The number of benzene rings is 1. The fraction of sp³-hybridized carbons (Fsp3) is 0.562. The average molecular weight is 257 g/mol. The first-order valence-electron chi connectivity index (χ1n) is 7.31. The topological polar surface area (TPSA) is 31.9 Å². The number of aromatic nitrogens is 2. The summed E-state index contributed by atoms with van der Waals surface area (Å²) in [5.74, 6) is 1.22. The Morgan fingerprint density at radius 2 is 2.00 bits per heavy atom. The lowest BCUT2D eigenvalue weighted by atomic mass is 9.91. The smallest absolute Gasteiger partial charge is 0.0924 e. The number of fused-ring (bicyclic) bond motifs is 1. The van der Waals surface area contributed by atoms with Crippen molar-refractivity contribution in [1.82, 2.24) is 15.1 Å². The van der Waals surface area contributed by atoms with Gasteiger partial charge in [-0.25, -0.2) is 0 Å². The zero-order valence-electron chi connectivity index (χ0n) is 12.1.